The molecular weight excluding hydrogens is 154 g/mol. The van der Waals surface area contributed by atoms with Crippen molar-refractivity contribution < 1.29 is 4.92 Å². The molecule has 3 nitrogen and oxygen atoms in total. The zero-order valence-electron chi connectivity index (χ0n) is 4.87. The first kappa shape index (κ1) is 7.02. The van der Waals surface area contributed by atoms with E-state index in [1.807, 2.05) is 0 Å². The minimum atomic E-state index is -0.532. The van der Waals surface area contributed by atoms with Crippen molar-refractivity contribution >= 4 is 17.3 Å². The van der Waals surface area contributed by atoms with Gasteiger partial charge in [-0.3, -0.25) is 10.1 Å². The van der Waals surface area contributed by atoms with Crippen LogP contribution in [0.4, 0.5) is 5.69 Å². The van der Waals surface area contributed by atoms with Gasteiger partial charge in [-0.2, -0.15) is 0 Å². The summed E-state index contributed by atoms with van der Waals surface area (Å²) in [7, 11) is 0. The van der Waals surface area contributed by atoms with Crippen LogP contribution in [0.1, 0.15) is 0 Å². The standard InChI is InChI=1S/C6H3ClNO2/c7-5-3-1-2-4-6(5)8(9)10/h2-4H. The van der Waals surface area contributed by atoms with Crippen LogP contribution < -0.4 is 0 Å². The lowest BCUT2D eigenvalue weighted by Crippen LogP contribution is -1.87. The molecule has 0 saturated heterocycles. The lowest BCUT2D eigenvalue weighted by atomic mass is 10.3. The Kier molecular flexibility index (Phi) is 1.87. The lowest BCUT2D eigenvalue weighted by Gasteiger charge is -1.90. The summed E-state index contributed by atoms with van der Waals surface area (Å²) in [6.07, 6.45) is 0. The van der Waals surface area contributed by atoms with Crippen molar-refractivity contribution in [3.05, 3.63) is 39.4 Å². The van der Waals surface area contributed by atoms with E-state index in [1.54, 1.807) is 0 Å². The van der Waals surface area contributed by atoms with Crippen LogP contribution in [0.3, 0.4) is 0 Å². The molecule has 0 saturated carbocycles. The molecule has 1 radical (unpaired) electrons. The maximum absolute atomic E-state index is 10.1. The number of benzene rings is 1. The molecule has 0 unspecified atom stereocenters. The topological polar surface area (TPSA) is 43.1 Å². The van der Waals surface area contributed by atoms with Crippen LogP contribution in [0, 0.1) is 16.2 Å². The van der Waals surface area contributed by atoms with E-state index in [-0.39, 0.29) is 10.7 Å². The molecule has 0 spiro atoms. The Hall–Kier alpha value is -1.09. The van der Waals surface area contributed by atoms with E-state index < -0.39 is 4.92 Å². The highest BCUT2D eigenvalue weighted by atomic mass is 35.5. The third kappa shape index (κ3) is 1.25. The maximum Gasteiger partial charge on any atom is 0.287 e. The van der Waals surface area contributed by atoms with E-state index in [9.17, 15) is 10.1 Å². The Morgan fingerprint density at radius 2 is 2.40 bits per heavy atom. The zero-order chi connectivity index (χ0) is 7.56. The van der Waals surface area contributed by atoms with Crippen molar-refractivity contribution in [1.82, 2.24) is 0 Å². The minimum Gasteiger partial charge on any atom is -0.258 e. The van der Waals surface area contributed by atoms with Gasteiger partial charge in [0, 0.05) is 6.07 Å². The Morgan fingerprint density at radius 1 is 1.70 bits per heavy atom. The highest BCUT2D eigenvalue weighted by Gasteiger charge is 2.08. The number of hydrogen-bond donors (Lipinski definition) is 0. The van der Waals surface area contributed by atoms with Gasteiger partial charge in [0.1, 0.15) is 5.02 Å². The van der Waals surface area contributed by atoms with E-state index in [0.717, 1.165) is 0 Å². The van der Waals surface area contributed by atoms with Crippen LogP contribution in [0.2, 0.25) is 5.02 Å². The summed E-state index contributed by atoms with van der Waals surface area (Å²) in [6.45, 7) is 0. The summed E-state index contributed by atoms with van der Waals surface area (Å²) in [5.41, 5.74) is -0.0829. The van der Waals surface area contributed by atoms with Gasteiger partial charge in [0.25, 0.3) is 5.69 Å². The van der Waals surface area contributed by atoms with Crippen molar-refractivity contribution in [2.45, 2.75) is 0 Å². The van der Waals surface area contributed by atoms with Gasteiger partial charge < -0.3 is 0 Å². The number of halogens is 1. The summed E-state index contributed by atoms with van der Waals surface area (Å²) < 4.78 is 0. The highest BCUT2D eigenvalue weighted by Crippen LogP contribution is 2.21. The number of rotatable bonds is 1. The molecule has 0 aliphatic carbocycles. The minimum absolute atomic E-state index is 0.0829. The Bertz CT molecular complexity index is 262. The Morgan fingerprint density at radius 3 is 2.80 bits per heavy atom. The molecule has 0 heterocycles. The fourth-order valence-corrected chi connectivity index (χ4v) is 0.745. The first-order chi connectivity index (χ1) is 4.72. The number of nitro benzene ring substituents is 1. The van der Waals surface area contributed by atoms with Gasteiger partial charge in [-0.1, -0.05) is 11.6 Å². The van der Waals surface area contributed by atoms with Crippen molar-refractivity contribution in [2.24, 2.45) is 0 Å². The monoisotopic (exact) mass is 156 g/mol. The lowest BCUT2D eigenvalue weighted by molar-refractivity contribution is -0.384. The third-order valence-corrected chi connectivity index (χ3v) is 1.29. The molecule has 0 fully saturated rings. The van der Waals surface area contributed by atoms with E-state index in [4.69, 9.17) is 11.6 Å². The van der Waals surface area contributed by atoms with Crippen LogP contribution in [0.5, 0.6) is 0 Å². The molecular formula is C6H3ClNO2. The molecule has 0 N–H and O–H groups in total. The smallest absolute Gasteiger partial charge is 0.258 e. The second-order valence-electron chi connectivity index (χ2n) is 1.63. The first-order valence-electron chi connectivity index (χ1n) is 2.52. The molecule has 0 aliphatic rings. The summed E-state index contributed by atoms with van der Waals surface area (Å²) >= 11 is 5.45. The molecule has 4 heteroatoms. The SMILES string of the molecule is O=[N+]([O-])c1cc[c]cc1Cl. The first-order valence-corrected chi connectivity index (χ1v) is 2.89. The summed E-state index contributed by atoms with van der Waals surface area (Å²) in [4.78, 5) is 9.60. The second-order valence-corrected chi connectivity index (χ2v) is 2.04. The van der Waals surface area contributed by atoms with Crippen LogP contribution in [-0.4, -0.2) is 4.92 Å². The number of nitro groups is 1. The van der Waals surface area contributed by atoms with Crippen molar-refractivity contribution in [3.8, 4) is 0 Å². The van der Waals surface area contributed by atoms with Crippen LogP contribution >= 0.6 is 11.6 Å². The molecule has 1 rings (SSSR count). The van der Waals surface area contributed by atoms with E-state index >= 15 is 0 Å². The van der Waals surface area contributed by atoms with E-state index in [2.05, 4.69) is 6.07 Å². The van der Waals surface area contributed by atoms with Crippen LogP contribution in [0.15, 0.2) is 18.2 Å². The average Bonchev–Trinajstić information content (AvgIpc) is 1.88. The largest absolute Gasteiger partial charge is 0.287 e. The van der Waals surface area contributed by atoms with Gasteiger partial charge in [0.2, 0.25) is 0 Å². The van der Waals surface area contributed by atoms with Gasteiger partial charge in [0.15, 0.2) is 0 Å². The molecule has 0 amide bonds. The van der Waals surface area contributed by atoms with E-state index in [0.29, 0.717) is 0 Å². The van der Waals surface area contributed by atoms with Gasteiger partial charge in [-0.05, 0) is 18.2 Å². The van der Waals surface area contributed by atoms with Crippen molar-refractivity contribution in [2.75, 3.05) is 0 Å². The normalized spacial score (nSPS) is 9.30. The fourth-order valence-electron chi connectivity index (χ4n) is 0.550. The molecule has 10 heavy (non-hydrogen) atoms. The van der Waals surface area contributed by atoms with Crippen LogP contribution in [-0.2, 0) is 0 Å². The maximum atomic E-state index is 10.1. The number of hydrogen-bond acceptors (Lipinski definition) is 2. The summed E-state index contributed by atoms with van der Waals surface area (Å²) in [6, 6.07) is 6.74. The van der Waals surface area contributed by atoms with Crippen molar-refractivity contribution in [1.29, 1.82) is 0 Å². The molecule has 0 bridgehead atoms. The van der Waals surface area contributed by atoms with E-state index in [1.165, 1.54) is 18.2 Å². The average molecular weight is 157 g/mol. The predicted octanol–water partition coefficient (Wildman–Crippen LogP) is 2.05. The van der Waals surface area contributed by atoms with Crippen molar-refractivity contribution in [3.63, 3.8) is 0 Å². The van der Waals surface area contributed by atoms with Crippen LogP contribution in [0.25, 0.3) is 0 Å². The second kappa shape index (κ2) is 2.66. The van der Waals surface area contributed by atoms with Gasteiger partial charge in [-0.25, -0.2) is 0 Å². The highest BCUT2D eigenvalue weighted by molar-refractivity contribution is 6.32. The molecule has 0 aliphatic heterocycles. The Balaban J connectivity index is 3.15. The fraction of sp³-hybridized carbons (Fsp3) is 0. The predicted molar refractivity (Wildman–Crippen MR) is 36.9 cm³/mol. The molecule has 1 aromatic carbocycles. The van der Waals surface area contributed by atoms with Gasteiger partial charge >= 0.3 is 0 Å². The summed E-state index contributed by atoms with van der Waals surface area (Å²) in [5.74, 6) is 0. The van der Waals surface area contributed by atoms with Gasteiger partial charge in [-0.15, -0.1) is 0 Å². The third-order valence-electron chi connectivity index (χ3n) is 0.989. The Labute approximate surface area is 62.4 Å². The quantitative estimate of drug-likeness (QED) is 0.461. The summed E-state index contributed by atoms with van der Waals surface area (Å²) in [5, 5.41) is 10.2. The van der Waals surface area contributed by atoms with Gasteiger partial charge in [0.05, 0.1) is 4.92 Å². The zero-order valence-corrected chi connectivity index (χ0v) is 5.63. The molecule has 1 aromatic rings. The molecule has 0 aromatic heterocycles. The molecule has 0 atom stereocenters. The molecule has 51 valence electrons. The number of nitrogens with zero attached hydrogens (tertiary/aromatic N) is 1.